The van der Waals surface area contributed by atoms with Crippen LogP contribution < -0.4 is 0 Å². The second-order valence-electron chi connectivity index (χ2n) is 5.00. The molecule has 118 valence electrons. The maximum absolute atomic E-state index is 13.1. The van der Waals surface area contributed by atoms with Crippen LogP contribution in [0.3, 0.4) is 0 Å². The van der Waals surface area contributed by atoms with E-state index < -0.39 is 11.1 Å². The molecule has 1 unspecified atom stereocenters. The number of aromatic nitrogens is 1. The Morgan fingerprint density at radius 2 is 1.65 bits per heavy atom. The van der Waals surface area contributed by atoms with Crippen molar-refractivity contribution < 1.29 is 13.2 Å². The van der Waals surface area contributed by atoms with E-state index >= 15 is 0 Å². The van der Waals surface area contributed by atoms with Crippen molar-refractivity contribution in [2.75, 3.05) is 0 Å². The molecule has 3 aromatic rings. The molecule has 0 aliphatic rings. The van der Waals surface area contributed by atoms with Crippen LogP contribution in [0.4, 0.5) is 4.39 Å². The fraction of sp³-hybridized carbons (Fsp3) is 0.0588. The van der Waals surface area contributed by atoms with Crippen LogP contribution in [0.15, 0.2) is 65.3 Å². The molecule has 0 aliphatic heterocycles. The number of hydrogen-bond donors (Lipinski definition) is 0. The van der Waals surface area contributed by atoms with E-state index in [-0.39, 0.29) is 11.6 Å². The van der Waals surface area contributed by atoms with Crippen molar-refractivity contribution in [2.45, 2.75) is 5.75 Å². The zero-order valence-corrected chi connectivity index (χ0v) is 14.3. The number of halogens is 2. The quantitative estimate of drug-likeness (QED) is 0.616. The Hall–Kier alpha value is -1.76. The Kier molecular flexibility index (Phi) is 4.75. The molecule has 3 nitrogen and oxygen atoms in total. The summed E-state index contributed by atoms with van der Waals surface area (Å²) in [5.74, 6) is -0.281. The van der Waals surface area contributed by atoms with Gasteiger partial charge in [-0.15, -0.1) is 0 Å². The summed E-state index contributed by atoms with van der Waals surface area (Å²) in [6.45, 7) is 0. The Labute approximate surface area is 144 Å². The molecule has 0 radical (unpaired) electrons. The lowest BCUT2D eigenvalue weighted by Crippen LogP contribution is -1.98. The Morgan fingerprint density at radius 3 is 2.26 bits per heavy atom. The van der Waals surface area contributed by atoms with Gasteiger partial charge < -0.3 is 9.12 Å². The maximum atomic E-state index is 13.1. The minimum Gasteiger partial charge on any atom is -0.772 e. The largest absolute Gasteiger partial charge is 0.772 e. The average Bonchev–Trinajstić information content (AvgIpc) is 2.90. The van der Waals surface area contributed by atoms with Gasteiger partial charge in [-0.1, -0.05) is 35.3 Å². The van der Waals surface area contributed by atoms with Gasteiger partial charge in [0, 0.05) is 11.4 Å². The van der Waals surface area contributed by atoms with Gasteiger partial charge in [-0.2, -0.15) is 0 Å². The first-order valence-corrected chi connectivity index (χ1v) is 8.86. The van der Waals surface area contributed by atoms with E-state index in [2.05, 4.69) is 15.9 Å². The Balaban J connectivity index is 2.01. The van der Waals surface area contributed by atoms with Gasteiger partial charge in [0.05, 0.1) is 10.3 Å². The zero-order valence-electron chi connectivity index (χ0n) is 11.9. The Morgan fingerprint density at radius 1 is 1.00 bits per heavy atom. The second kappa shape index (κ2) is 6.78. The summed E-state index contributed by atoms with van der Waals surface area (Å²) in [5.41, 5.74) is 3.45. The topological polar surface area (TPSA) is 45.1 Å². The lowest BCUT2D eigenvalue weighted by molar-refractivity contribution is 0.536. The highest BCUT2D eigenvalue weighted by Gasteiger charge is 2.10. The summed E-state index contributed by atoms with van der Waals surface area (Å²) in [5, 5.41) is 0. The standard InChI is InChI=1S/C17H13BrFNO2S/c18-17-10-9-16(20(17)15-7-5-14(19)6-8-15)13-3-1-12(2-4-13)11-23(21)22/h1-10H,11H2,(H,21,22)/p-1. The highest BCUT2D eigenvalue weighted by molar-refractivity contribution is 9.10. The molecule has 2 aromatic carbocycles. The van der Waals surface area contributed by atoms with Crippen molar-refractivity contribution in [3.8, 4) is 16.9 Å². The molecule has 0 saturated carbocycles. The number of rotatable bonds is 4. The highest BCUT2D eigenvalue weighted by atomic mass is 79.9. The minimum absolute atomic E-state index is 0.00293. The van der Waals surface area contributed by atoms with Crippen LogP contribution in [0.1, 0.15) is 5.56 Å². The summed E-state index contributed by atoms with van der Waals surface area (Å²) >= 11 is 1.41. The van der Waals surface area contributed by atoms with Crippen molar-refractivity contribution in [1.29, 1.82) is 0 Å². The zero-order chi connectivity index (χ0) is 16.4. The molecule has 0 amide bonds. The molecule has 1 heterocycles. The number of nitrogens with zero attached hydrogens (tertiary/aromatic N) is 1. The predicted octanol–water partition coefficient (Wildman–Crippen LogP) is 4.43. The third kappa shape index (κ3) is 3.60. The molecule has 1 aromatic heterocycles. The molecule has 0 N–H and O–H groups in total. The third-order valence-corrected chi connectivity index (χ3v) is 4.64. The Bertz CT molecular complexity index is 844. The van der Waals surface area contributed by atoms with Crippen molar-refractivity contribution in [1.82, 2.24) is 4.57 Å². The smallest absolute Gasteiger partial charge is 0.123 e. The van der Waals surface area contributed by atoms with Crippen LogP contribution in [0.5, 0.6) is 0 Å². The van der Waals surface area contributed by atoms with Crippen LogP contribution in [0.25, 0.3) is 16.9 Å². The molecule has 3 rings (SSSR count). The molecule has 0 bridgehead atoms. The fourth-order valence-electron chi connectivity index (χ4n) is 2.40. The molecule has 0 spiro atoms. The highest BCUT2D eigenvalue weighted by Crippen LogP contribution is 2.29. The lowest BCUT2D eigenvalue weighted by Gasteiger charge is -2.12. The van der Waals surface area contributed by atoms with Crippen molar-refractivity contribution in [2.24, 2.45) is 0 Å². The van der Waals surface area contributed by atoms with Gasteiger partial charge in [-0.25, -0.2) is 4.39 Å². The van der Waals surface area contributed by atoms with E-state index in [0.717, 1.165) is 27.1 Å². The summed E-state index contributed by atoms with van der Waals surface area (Å²) in [7, 11) is 0. The van der Waals surface area contributed by atoms with Gasteiger partial charge in [-0.3, -0.25) is 4.21 Å². The normalized spacial score (nSPS) is 12.3. The molecule has 1 atom stereocenters. The van der Waals surface area contributed by atoms with Crippen LogP contribution >= 0.6 is 15.9 Å². The van der Waals surface area contributed by atoms with Crippen LogP contribution in [-0.2, 0) is 16.8 Å². The van der Waals surface area contributed by atoms with Crippen molar-refractivity contribution in [3.05, 3.63) is 76.6 Å². The maximum Gasteiger partial charge on any atom is 0.123 e. The van der Waals surface area contributed by atoms with E-state index in [4.69, 9.17) is 0 Å². The summed E-state index contributed by atoms with van der Waals surface area (Å²) < 4.78 is 37.4. The molecule has 23 heavy (non-hydrogen) atoms. The van der Waals surface area contributed by atoms with Crippen LogP contribution in [0, 0.1) is 5.82 Å². The van der Waals surface area contributed by atoms with Gasteiger partial charge in [0.1, 0.15) is 5.82 Å². The van der Waals surface area contributed by atoms with E-state index in [9.17, 15) is 13.2 Å². The monoisotopic (exact) mass is 392 g/mol. The van der Waals surface area contributed by atoms with E-state index in [0.29, 0.717) is 0 Å². The molecule has 6 heteroatoms. The van der Waals surface area contributed by atoms with E-state index in [1.165, 1.54) is 12.1 Å². The van der Waals surface area contributed by atoms with Gasteiger partial charge in [0.25, 0.3) is 0 Å². The molecule has 0 fully saturated rings. The predicted molar refractivity (Wildman–Crippen MR) is 91.5 cm³/mol. The SMILES string of the molecule is O=S([O-])Cc1ccc(-c2ccc(Br)n2-c2ccc(F)cc2)cc1. The van der Waals surface area contributed by atoms with Gasteiger partial charge in [0.2, 0.25) is 0 Å². The number of benzene rings is 2. The molecule has 0 aliphatic carbocycles. The van der Waals surface area contributed by atoms with Gasteiger partial charge in [-0.05, 0) is 63.5 Å². The minimum atomic E-state index is -2.10. The first kappa shape index (κ1) is 16.1. The lowest BCUT2D eigenvalue weighted by atomic mass is 10.1. The van der Waals surface area contributed by atoms with Gasteiger partial charge in [0.15, 0.2) is 0 Å². The first-order valence-electron chi connectivity index (χ1n) is 6.83. The second-order valence-corrected chi connectivity index (χ2v) is 6.71. The molecule has 0 saturated heterocycles. The summed E-state index contributed by atoms with van der Waals surface area (Å²) in [4.78, 5) is 0. The summed E-state index contributed by atoms with van der Waals surface area (Å²) in [6.07, 6.45) is 0. The van der Waals surface area contributed by atoms with E-state index in [1.54, 1.807) is 24.3 Å². The summed E-state index contributed by atoms with van der Waals surface area (Å²) in [6, 6.07) is 17.5. The fourth-order valence-corrected chi connectivity index (χ4v) is 3.39. The molecular weight excluding hydrogens is 381 g/mol. The van der Waals surface area contributed by atoms with Crippen molar-refractivity contribution in [3.63, 3.8) is 0 Å². The van der Waals surface area contributed by atoms with Gasteiger partial charge >= 0.3 is 0 Å². The van der Waals surface area contributed by atoms with Crippen LogP contribution in [-0.4, -0.2) is 13.3 Å². The number of hydrogen-bond acceptors (Lipinski definition) is 2. The average molecular weight is 393 g/mol. The van der Waals surface area contributed by atoms with E-state index in [1.807, 2.05) is 28.8 Å². The van der Waals surface area contributed by atoms with Crippen molar-refractivity contribution >= 4 is 27.0 Å². The first-order chi connectivity index (χ1) is 11.0. The third-order valence-electron chi connectivity index (χ3n) is 3.45. The molecular formula is C17H12BrFNO2S-. The van der Waals surface area contributed by atoms with Crippen LogP contribution in [0.2, 0.25) is 0 Å².